The van der Waals surface area contributed by atoms with Gasteiger partial charge in [0.2, 0.25) is 5.91 Å². The van der Waals surface area contributed by atoms with Gasteiger partial charge in [0.1, 0.15) is 13.2 Å². The van der Waals surface area contributed by atoms with Crippen molar-refractivity contribution in [3.05, 3.63) is 12.2 Å². The van der Waals surface area contributed by atoms with E-state index in [1.165, 1.54) is 257 Å². The van der Waals surface area contributed by atoms with Gasteiger partial charge in [-0.1, -0.05) is 289 Å². The molecule has 70 heavy (non-hydrogen) atoms. The Morgan fingerprint density at radius 1 is 0.486 bits per heavy atom. The van der Waals surface area contributed by atoms with Gasteiger partial charge in [0.25, 0.3) is 7.82 Å². The summed E-state index contributed by atoms with van der Waals surface area (Å²) in [6.45, 7) is 4.78. The molecule has 0 aromatic heterocycles. The number of likely N-dealkylation sites (N-methyl/N-ethyl adjacent to an activating group) is 1. The summed E-state index contributed by atoms with van der Waals surface area (Å²) in [5.74, 6) is -0.160. The first-order valence-electron chi connectivity index (χ1n) is 31.0. The van der Waals surface area contributed by atoms with Crippen LogP contribution in [0.15, 0.2) is 12.2 Å². The number of aliphatic hydroxyl groups excluding tert-OH is 1. The summed E-state index contributed by atoms with van der Waals surface area (Å²) in [5, 5.41) is 14.1. The lowest BCUT2D eigenvalue weighted by Gasteiger charge is -2.30. The molecule has 3 unspecified atom stereocenters. The molecule has 0 saturated heterocycles. The van der Waals surface area contributed by atoms with Gasteiger partial charge in [0, 0.05) is 6.42 Å². The van der Waals surface area contributed by atoms with Crippen LogP contribution in [0.1, 0.15) is 322 Å². The van der Waals surface area contributed by atoms with Crippen molar-refractivity contribution in [2.45, 2.75) is 334 Å². The number of amides is 1. The standard InChI is InChI=1S/C61H123N2O6P/c1-6-8-10-12-14-16-18-20-22-24-26-28-30-31-32-33-35-37-39-41-43-45-47-49-51-53-55-61(65)62-59(58-69-70(66,67)68-57-56-63(3,4)5)60(64)54-52-50-48-46-44-42-40-38-36-34-29-27-25-23-21-19-17-15-13-11-9-7-2/h31-32,59-60,64H,6-30,33-58H2,1-5H3,(H-,62,65,66,67)/b32-31-. The van der Waals surface area contributed by atoms with Crippen molar-refractivity contribution >= 4 is 13.7 Å². The quantitative estimate of drug-likeness (QED) is 0.0272. The lowest BCUT2D eigenvalue weighted by Crippen LogP contribution is -2.46. The minimum atomic E-state index is -4.57. The lowest BCUT2D eigenvalue weighted by molar-refractivity contribution is -0.870. The topological polar surface area (TPSA) is 108 Å². The molecule has 0 heterocycles. The number of phosphoric ester groups is 1. The highest BCUT2D eigenvalue weighted by Crippen LogP contribution is 2.38. The van der Waals surface area contributed by atoms with Gasteiger partial charge in [-0.05, 0) is 38.5 Å². The molecule has 0 aliphatic rings. The molecule has 0 saturated carbocycles. The molecule has 0 aromatic rings. The van der Waals surface area contributed by atoms with Crippen molar-refractivity contribution < 1.29 is 32.9 Å². The van der Waals surface area contributed by atoms with E-state index in [1.54, 1.807) is 0 Å². The van der Waals surface area contributed by atoms with Gasteiger partial charge in [-0.25, -0.2) is 0 Å². The summed E-state index contributed by atoms with van der Waals surface area (Å²) >= 11 is 0. The number of hydrogen-bond acceptors (Lipinski definition) is 6. The zero-order valence-electron chi connectivity index (χ0n) is 47.8. The second-order valence-electron chi connectivity index (χ2n) is 22.8. The number of unbranched alkanes of at least 4 members (excludes halogenated alkanes) is 43. The minimum Gasteiger partial charge on any atom is -0.756 e. The first kappa shape index (κ1) is 69.2. The number of aliphatic hydroxyl groups is 1. The van der Waals surface area contributed by atoms with E-state index in [1.807, 2.05) is 21.1 Å². The smallest absolute Gasteiger partial charge is 0.268 e. The molecule has 0 aliphatic heterocycles. The second-order valence-corrected chi connectivity index (χ2v) is 24.2. The van der Waals surface area contributed by atoms with E-state index < -0.39 is 20.0 Å². The fourth-order valence-corrected chi connectivity index (χ4v) is 10.4. The van der Waals surface area contributed by atoms with E-state index in [0.717, 1.165) is 38.5 Å². The Kier molecular flexibility index (Phi) is 52.5. The maximum absolute atomic E-state index is 13.0. The van der Waals surface area contributed by atoms with E-state index in [4.69, 9.17) is 9.05 Å². The zero-order chi connectivity index (χ0) is 51.3. The van der Waals surface area contributed by atoms with Gasteiger partial charge in [-0.3, -0.25) is 9.36 Å². The van der Waals surface area contributed by atoms with Crippen molar-refractivity contribution in [2.75, 3.05) is 40.9 Å². The van der Waals surface area contributed by atoms with Crippen LogP contribution in [0, 0.1) is 0 Å². The first-order valence-corrected chi connectivity index (χ1v) is 32.5. The number of allylic oxidation sites excluding steroid dienone is 2. The van der Waals surface area contributed by atoms with Crippen LogP contribution in [0.25, 0.3) is 0 Å². The number of rotatable bonds is 58. The molecule has 418 valence electrons. The summed E-state index contributed by atoms with van der Waals surface area (Å²) in [6, 6.07) is -0.799. The maximum atomic E-state index is 13.0. The third-order valence-corrected chi connectivity index (χ3v) is 15.5. The summed E-state index contributed by atoms with van der Waals surface area (Å²) in [4.78, 5) is 25.6. The Morgan fingerprint density at radius 2 is 0.786 bits per heavy atom. The molecule has 0 rings (SSSR count). The van der Waals surface area contributed by atoms with Gasteiger partial charge in [0.15, 0.2) is 0 Å². The lowest BCUT2D eigenvalue weighted by atomic mass is 10.0. The van der Waals surface area contributed by atoms with Crippen LogP contribution in [0.2, 0.25) is 0 Å². The van der Waals surface area contributed by atoms with Crippen LogP contribution in [0.3, 0.4) is 0 Å². The highest BCUT2D eigenvalue weighted by molar-refractivity contribution is 7.45. The average Bonchev–Trinajstić information content (AvgIpc) is 3.32. The molecule has 0 fully saturated rings. The fourth-order valence-electron chi connectivity index (χ4n) is 9.63. The molecular weight excluding hydrogens is 888 g/mol. The monoisotopic (exact) mass is 1010 g/mol. The van der Waals surface area contributed by atoms with E-state index in [9.17, 15) is 19.4 Å². The fraction of sp³-hybridized carbons (Fsp3) is 0.951. The summed E-state index contributed by atoms with van der Waals surface area (Å²) < 4.78 is 23.5. The molecule has 8 nitrogen and oxygen atoms in total. The number of carbonyl (C=O) groups is 1. The number of phosphoric acid groups is 1. The summed E-state index contributed by atoms with van der Waals surface area (Å²) in [7, 11) is 1.32. The Hall–Kier alpha value is -0.760. The van der Waals surface area contributed by atoms with Gasteiger partial charge < -0.3 is 28.8 Å². The molecular formula is C61H123N2O6P. The van der Waals surface area contributed by atoms with E-state index >= 15 is 0 Å². The van der Waals surface area contributed by atoms with Crippen LogP contribution < -0.4 is 10.2 Å². The molecule has 1 amide bonds. The second kappa shape index (κ2) is 53.1. The van der Waals surface area contributed by atoms with Crippen molar-refractivity contribution in [3.8, 4) is 0 Å². The van der Waals surface area contributed by atoms with E-state index in [-0.39, 0.29) is 19.1 Å². The number of nitrogens with one attached hydrogen (secondary N) is 1. The Morgan fingerprint density at radius 3 is 1.11 bits per heavy atom. The average molecular weight is 1010 g/mol. The molecule has 0 radical (unpaired) electrons. The Bertz CT molecular complexity index is 1150. The van der Waals surface area contributed by atoms with Crippen molar-refractivity contribution in [1.82, 2.24) is 5.32 Å². The molecule has 0 aromatic carbocycles. The van der Waals surface area contributed by atoms with Gasteiger partial charge in [-0.2, -0.15) is 0 Å². The van der Waals surface area contributed by atoms with E-state index in [2.05, 4.69) is 31.3 Å². The Balaban J connectivity index is 4.10. The zero-order valence-corrected chi connectivity index (χ0v) is 48.6. The number of hydrogen-bond donors (Lipinski definition) is 2. The van der Waals surface area contributed by atoms with Gasteiger partial charge in [-0.15, -0.1) is 0 Å². The van der Waals surface area contributed by atoms with Crippen molar-refractivity contribution in [2.24, 2.45) is 0 Å². The van der Waals surface area contributed by atoms with Gasteiger partial charge in [0.05, 0.1) is 39.9 Å². The molecule has 9 heteroatoms. The van der Waals surface area contributed by atoms with Crippen LogP contribution in [0.4, 0.5) is 0 Å². The van der Waals surface area contributed by atoms with Crippen LogP contribution >= 0.6 is 7.82 Å². The molecule has 0 aliphatic carbocycles. The summed E-state index contributed by atoms with van der Waals surface area (Å²) in [5.41, 5.74) is 0. The SMILES string of the molecule is CCCCCCCCCCCCCC/C=C\CCCCCCCCCCCCC(=O)NC(COP(=O)([O-])OCC[N+](C)(C)C)C(O)CCCCCCCCCCCCCCCCCCCCCCCC. The number of nitrogens with zero attached hydrogens (tertiary/aromatic N) is 1. The highest BCUT2D eigenvalue weighted by Gasteiger charge is 2.24. The first-order chi connectivity index (χ1) is 34.0. The van der Waals surface area contributed by atoms with Crippen molar-refractivity contribution in [1.29, 1.82) is 0 Å². The predicted octanol–water partition coefficient (Wildman–Crippen LogP) is 18.4. The summed E-state index contributed by atoms with van der Waals surface area (Å²) in [6.07, 6.45) is 65.4. The van der Waals surface area contributed by atoms with Crippen LogP contribution in [-0.2, 0) is 18.4 Å². The third-order valence-electron chi connectivity index (χ3n) is 14.5. The molecule has 0 spiro atoms. The number of quaternary nitrogens is 1. The minimum absolute atomic E-state index is 0.0146. The van der Waals surface area contributed by atoms with Crippen molar-refractivity contribution in [3.63, 3.8) is 0 Å². The molecule has 3 atom stereocenters. The normalized spacial score (nSPS) is 13.9. The predicted molar refractivity (Wildman–Crippen MR) is 302 cm³/mol. The van der Waals surface area contributed by atoms with Gasteiger partial charge >= 0.3 is 0 Å². The van der Waals surface area contributed by atoms with E-state index in [0.29, 0.717) is 23.9 Å². The number of carbonyl (C=O) groups excluding carboxylic acids is 1. The largest absolute Gasteiger partial charge is 0.756 e. The molecule has 0 bridgehead atoms. The van der Waals surface area contributed by atoms with Crippen LogP contribution in [-0.4, -0.2) is 68.5 Å². The maximum Gasteiger partial charge on any atom is 0.268 e. The van der Waals surface area contributed by atoms with Crippen LogP contribution in [0.5, 0.6) is 0 Å². The Labute approximate surface area is 437 Å². The molecule has 2 N–H and O–H groups in total. The third kappa shape index (κ3) is 55.0. The highest BCUT2D eigenvalue weighted by atomic mass is 31.2.